The number of rotatable bonds is 4. The number of hydrogen-bond donors (Lipinski definition) is 1. The normalized spacial score (nSPS) is 13.7. The number of amides is 1. The van der Waals surface area contributed by atoms with Gasteiger partial charge >= 0.3 is 6.18 Å². The number of carbonyl (C=O) groups is 1. The highest BCUT2D eigenvalue weighted by Gasteiger charge is 2.36. The van der Waals surface area contributed by atoms with Gasteiger partial charge in [0.25, 0.3) is 5.91 Å². The largest absolute Gasteiger partial charge is 0.486 e. The van der Waals surface area contributed by atoms with Gasteiger partial charge < -0.3 is 9.47 Å². The Kier molecular flexibility index (Phi) is 5.64. The molecule has 0 radical (unpaired) electrons. The molecule has 0 spiro atoms. The van der Waals surface area contributed by atoms with Crippen LogP contribution in [-0.4, -0.2) is 30.3 Å². The summed E-state index contributed by atoms with van der Waals surface area (Å²) in [7, 11) is 0. The molecule has 1 aromatic heterocycles. The lowest BCUT2D eigenvalue weighted by molar-refractivity contribution is -0.112. The van der Waals surface area contributed by atoms with Crippen molar-refractivity contribution in [1.29, 1.82) is 0 Å². The second-order valence-corrected chi connectivity index (χ2v) is 7.31. The standard InChI is InChI=1S/C21H14F4N2O3S/c22-14-4-1-12(2-5-14)16-11-31-20(26-16)27-19(28)10-15(21(23,24)25)13-3-6-17-18(9-13)30-8-7-29-17/h1-6,9-11H,7-8H2,(H,26,27,28). The summed E-state index contributed by atoms with van der Waals surface area (Å²) in [6.07, 6.45) is -4.30. The lowest BCUT2D eigenvalue weighted by Crippen LogP contribution is -2.18. The summed E-state index contributed by atoms with van der Waals surface area (Å²) in [5.41, 5.74) is -0.275. The molecule has 1 aliphatic rings. The molecule has 1 N–H and O–H groups in total. The van der Waals surface area contributed by atoms with Crippen molar-refractivity contribution in [1.82, 2.24) is 4.98 Å². The summed E-state index contributed by atoms with van der Waals surface area (Å²) in [5.74, 6) is -0.862. The summed E-state index contributed by atoms with van der Waals surface area (Å²) in [5, 5.41) is 4.06. The molecule has 5 nitrogen and oxygen atoms in total. The third kappa shape index (κ3) is 4.85. The van der Waals surface area contributed by atoms with Crippen molar-refractivity contribution in [2.45, 2.75) is 6.18 Å². The maximum atomic E-state index is 13.6. The van der Waals surface area contributed by atoms with E-state index in [-0.39, 0.29) is 23.1 Å². The van der Waals surface area contributed by atoms with E-state index in [9.17, 15) is 22.4 Å². The van der Waals surface area contributed by atoms with Gasteiger partial charge in [-0.15, -0.1) is 11.3 Å². The topological polar surface area (TPSA) is 60.5 Å². The zero-order valence-electron chi connectivity index (χ0n) is 15.7. The number of benzene rings is 2. The average Bonchev–Trinajstić information content (AvgIpc) is 3.19. The second-order valence-electron chi connectivity index (χ2n) is 6.45. The molecule has 1 aliphatic heterocycles. The summed E-state index contributed by atoms with van der Waals surface area (Å²) in [6.45, 7) is 0.535. The fraction of sp³-hybridized carbons (Fsp3) is 0.143. The Morgan fingerprint density at radius 3 is 2.48 bits per heavy atom. The molecule has 160 valence electrons. The van der Waals surface area contributed by atoms with Crippen LogP contribution in [0, 0.1) is 5.82 Å². The number of nitrogens with zero attached hydrogens (tertiary/aromatic N) is 1. The molecule has 0 atom stereocenters. The van der Waals surface area contributed by atoms with Crippen molar-refractivity contribution in [2.75, 3.05) is 18.5 Å². The Balaban J connectivity index is 1.56. The lowest BCUT2D eigenvalue weighted by atomic mass is 10.0. The third-order valence-electron chi connectivity index (χ3n) is 4.31. The number of nitrogens with one attached hydrogen (secondary N) is 1. The number of hydrogen-bond acceptors (Lipinski definition) is 5. The van der Waals surface area contributed by atoms with E-state index >= 15 is 0 Å². The predicted molar refractivity (Wildman–Crippen MR) is 108 cm³/mol. The average molecular weight is 450 g/mol. The fourth-order valence-electron chi connectivity index (χ4n) is 2.90. The maximum Gasteiger partial charge on any atom is 0.417 e. The Hall–Kier alpha value is -3.40. The first kappa shape index (κ1) is 20.9. The number of thiazole rings is 1. The van der Waals surface area contributed by atoms with Crippen molar-refractivity contribution >= 4 is 27.9 Å². The first-order valence-corrected chi connectivity index (χ1v) is 9.89. The molecule has 31 heavy (non-hydrogen) atoms. The summed E-state index contributed by atoms with van der Waals surface area (Å²) < 4.78 is 64.6. The highest BCUT2D eigenvalue weighted by molar-refractivity contribution is 7.14. The SMILES string of the molecule is O=C(C=C(c1ccc2c(c1)OCCO2)C(F)(F)F)Nc1nc(-c2ccc(F)cc2)cs1. The third-order valence-corrected chi connectivity index (χ3v) is 5.07. The molecule has 0 aliphatic carbocycles. The van der Waals surface area contributed by atoms with Gasteiger partial charge in [0.2, 0.25) is 0 Å². The van der Waals surface area contributed by atoms with Crippen LogP contribution in [0.5, 0.6) is 11.5 Å². The van der Waals surface area contributed by atoms with Crippen molar-refractivity contribution in [3.8, 4) is 22.8 Å². The Bertz CT molecular complexity index is 1140. The van der Waals surface area contributed by atoms with E-state index < -0.39 is 23.5 Å². The van der Waals surface area contributed by atoms with Gasteiger partial charge in [0.05, 0.1) is 11.3 Å². The minimum atomic E-state index is -4.77. The summed E-state index contributed by atoms with van der Waals surface area (Å²) in [6, 6.07) is 9.33. The van der Waals surface area contributed by atoms with E-state index in [0.29, 0.717) is 29.7 Å². The molecule has 4 rings (SSSR count). The fourth-order valence-corrected chi connectivity index (χ4v) is 3.62. The number of halogens is 4. The van der Waals surface area contributed by atoms with Crippen LogP contribution in [0.4, 0.5) is 22.7 Å². The zero-order valence-corrected chi connectivity index (χ0v) is 16.5. The summed E-state index contributed by atoms with van der Waals surface area (Å²) in [4.78, 5) is 16.5. The minimum absolute atomic E-state index is 0.115. The molecule has 10 heteroatoms. The van der Waals surface area contributed by atoms with Crippen LogP contribution in [0.15, 0.2) is 53.9 Å². The van der Waals surface area contributed by atoms with Crippen molar-refractivity contribution in [3.63, 3.8) is 0 Å². The molecule has 0 saturated carbocycles. The van der Waals surface area contributed by atoms with Gasteiger partial charge in [0.15, 0.2) is 16.6 Å². The van der Waals surface area contributed by atoms with E-state index in [2.05, 4.69) is 10.3 Å². The number of fused-ring (bicyclic) bond motifs is 1. The Labute approximate surface area is 178 Å². The molecule has 2 heterocycles. The number of allylic oxidation sites excluding steroid dienone is 1. The van der Waals surface area contributed by atoms with Crippen LogP contribution >= 0.6 is 11.3 Å². The lowest BCUT2D eigenvalue weighted by Gasteiger charge is -2.20. The van der Waals surface area contributed by atoms with Crippen LogP contribution in [0.3, 0.4) is 0 Å². The van der Waals surface area contributed by atoms with Gasteiger partial charge in [-0.3, -0.25) is 10.1 Å². The molecular weight excluding hydrogens is 436 g/mol. The van der Waals surface area contributed by atoms with Crippen LogP contribution in [0.25, 0.3) is 16.8 Å². The quantitative estimate of drug-likeness (QED) is 0.433. The van der Waals surface area contributed by atoms with Gasteiger partial charge in [-0.1, -0.05) is 6.07 Å². The highest BCUT2D eigenvalue weighted by atomic mass is 32.1. The van der Waals surface area contributed by atoms with Crippen LogP contribution < -0.4 is 14.8 Å². The number of carbonyl (C=O) groups excluding carboxylic acids is 1. The predicted octanol–water partition coefficient (Wildman–Crippen LogP) is 5.30. The smallest absolute Gasteiger partial charge is 0.417 e. The van der Waals surface area contributed by atoms with Crippen LogP contribution in [0.1, 0.15) is 5.56 Å². The van der Waals surface area contributed by atoms with Gasteiger partial charge in [0, 0.05) is 17.0 Å². The van der Waals surface area contributed by atoms with Crippen molar-refractivity contribution in [3.05, 3.63) is 65.3 Å². The molecule has 0 fully saturated rings. The molecule has 0 bridgehead atoms. The first-order chi connectivity index (χ1) is 14.8. The molecule has 2 aromatic carbocycles. The minimum Gasteiger partial charge on any atom is -0.486 e. The second kappa shape index (κ2) is 8.38. The van der Waals surface area contributed by atoms with E-state index in [1.54, 1.807) is 5.38 Å². The van der Waals surface area contributed by atoms with E-state index in [1.807, 2.05) is 0 Å². The highest BCUT2D eigenvalue weighted by Crippen LogP contribution is 2.39. The molecule has 0 unspecified atom stereocenters. The van der Waals surface area contributed by atoms with Gasteiger partial charge in [-0.25, -0.2) is 9.37 Å². The maximum absolute atomic E-state index is 13.6. The Morgan fingerprint density at radius 2 is 1.77 bits per heavy atom. The van der Waals surface area contributed by atoms with Crippen LogP contribution in [-0.2, 0) is 4.79 Å². The van der Waals surface area contributed by atoms with Crippen LogP contribution in [0.2, 0.25) is 0 Å². The van der Waals surface area contributed by atoms with Gasteiger partial charge in [-0.2, -0.15) is 13.2 Å². The van der Waals surface area contributed by atoms with E-state index in [4.69, 9.17) is 9.47 Å². The Morgan fingerprint density at radius 1 is 1.06 bits per heavy atom. The zero-order chi connectivity index (χ0) is 22.0. The first-order valence-electron chi connectivity index (χ1n) is 9.01. The number of alkyl halides is 3. The van der Waals surface area contributed by atoms with Crippen molar-refractivity contribution < 1.29 is 31.8 Å². The van der Waals surface area contributed by atoms with E-state index in [1.165, 1.54) is 42.5 Å². The summed E-state index contributed by atoms with van der Waals surface area (Å²) >= 11 is 1.04. The monoisotopic (exact) mass is 450 g/mol. The van der Waals surface area contributed by atoms with Gasteiger partial charge in [0.1, 0.15) is 19.0 Å². The molecular formula is C21H14F4N2O3S. The molecule has 1 amide bonds. The number of anilines is 1. The van der Waals surface area contributed by atoms with Crippen molar-refractivity contribution in [2.24, 2.45) is 0 Å². The van der Waals surface area contributed by atoms with E-state index in [0.717, 1.165) is 11.3 Å². The number of ether oxygens (including phenoxy) is 2. The molecule has 3 aromatic rings. The number of aromatic nitrogens is 1. The van der Waals surface area contributed by atoms with Gasteiger partial charge in [-0.05, 0) is 42.0 Å². The molecule has 0 saturated heterocycles.